The molecule has 4 heteroatoms. The third-order valence-electron chi connectivity index (χ3n) is 2.12. The summed E-state index contributed by atoms with van der Waals surface area (Å²) >= 11 is 0. The van der Waals surface area contributed by atoms with Gasteiger partial charge in [-0.1, -0.05) is 13.8 Å². The minimum Gasteiger partial charge on any atom is -0.393 e. The lowest BCUT2D eigenvalue weighted by molar-refractivity contribution is -0.131. The first-order valence-corrected chi connectivity index (χ1v) is 5.20. The summed E-state index contributed by atoms with van der Waals surface area (Å²) < 4.78 is 13.2. The lowest BCUT2D eigenvalue weighted by Crippen LogP contribution is -2.43. The largest absolute Gasteiger partial charge is 0.393 e. The van der Waals surface area contributed by atoms with Gasteiger partial charge in [-0.05, 0) is 32.6 Å². The predicted molar refractivity (Wildman–Crippen MR) is 58.3 cm³/mol. The second-order valence-corrected chi connectivity index (χ2v) is 5.37. The summed E-state index contributed by atoms with van der Waals surface area (Å²) in [5, 5.41) is 11.8. The van der Waals surface area contributed by atoms with E-state index in [4.69, 9.17) is 0 Å². The van der Waals surface area contributed by atoms with Crippen molar-refractivity contribution in [2.24, 2.45) is 5.41 Å². The SMILES string of the molecule is CC(O)CC(C)(C)CNC(=O)C(C)(C)F. The number of carbonyl (C=O) groups excluding carboxylic acids is 1. The molecule has 1 unspecified atom stereocenters. The molecular formula is C11H22FNO2. The van der Waals surface area contributed by atoms with Crippen molar-refractivity contribution in [3.8, 4) is 0 Å². The van der Waals surface area contributed by atoms with Gasteiger partial charge in [0.1, 0.15) is 0 Å². The zero-order valence-corrected chi connectivity index (χ0v) is 10.2. The molecular weight excluding hydrogens is 197 g/mol. The number of hydrogen-bond acceptors (Lipinski definition) is 2. The molecule has 2 N–H and O–H groups in total. The van der Waals surface area contributed by atoms with E-state index in [2.05, 4.69) is 5.32 Å². The second kappa shape index (κ2) is 4.92. The molecule has 90 valence electrons. The van der Waals surface area contributed by atoms with Crippen molar-refractivity contribution in [1.29, 1.82) is 0 Å². The van der Waals surface area contributed by atoms with E-state index in [1.165, 1.54) is 13.8 Å². The fraction of sp³-hybridized carbons (Fsp3) is 0.909. The lowest BCUT2D eigenvalue weighted by atomic mass is 9.87. The molecule has 0 aromatic carbocycles. The molecule has 0 saturated heterocycles. The number of carbonyl (C=O) groups is 1. The number of alkyl halides is 1. The van der Waals surface area contributed by atoms with Gasteiger partial charge in [0.25, 0.3) is 5.91 Å². The molecule has 0 aromatic rings. The van der Waals surface area contributed by atoms with Gasteiger partial charge in [0.05, 0.1) is 6.10 Å². The summed E-state index contributed by atoms with van der Waals surface area (Å²) in [4.78, 5) is 11.2. The maximum Gasteiger partial charge on any atom is 0.257 e. The molecule has 0 aliphatic rings. The fourth-order valence-electron chi connectivity index (χ4n) is 1.40. The van der Waals surface area contributed by atoms with Crippen LogP contribution in [-0.4, -0.2) is 29.3 Å². The Morgan fingerprint density at radius 2 is 1.87 bits per heavy atom. The summed E-state index contributed by atoms with van der Waals surface area (Å²) in [6.45, 7) is 8.36. The zero-order valence-electron chi connectivity index (χ0n) is 10.2. The highest BCUT2D eigenvalue weighted by atomic mass is 19.1. The third kappa shape index (κ3) is 6.44. The Morgan fingerprint density at radius 3 is 2.20 bits per heavy atom. The quantitative estimate of drug-likeness (QED) is 0.738. The fourth-order valence-corrected chi connectivity index (χ4v) is 1.40. The molecule has 0 heterocycles. The van der Waals surface area contributed by atoms with E-state index in [1.807, 2.05) is 13.8 Å². The monoisotopic (exact) mass is 219 g/mol. The number of aliphatic hydroxyl groups is 1. The van der Waals surface area contributed by atoms with Gasteiger partial charge in [-0.15, -0.1) is 0 Å². The number of amides is 1. The maximum absolute atomic E-state index is 13.2. The van der Waals surface area contributed by atoms with Crippen molar-refractivity contribution in [2.75, 3.05) is 6.54 Å². The Bertz CT molecular complexity index is 219. The molecule has 0 rings (SSSR count). The molecule has 0 aliphatic carbocycles. The van der Waals surface area contributed by atoms with E-state index in [1.54, 1.807) is 6.92 Å². The topological polar surface area (TPSA) is 49.3 Å². The average molecular weight is 219 g/mol. The van der Waals surface area contributed by atoms with Crippen LogP contribution in [0.5, 0.6) is 0 Å². The van der Waals surface area contributed by atoms with Gasteiger partial charge in [0, 0.05) is 6.54 Å². The Labute approximate surface area is 91.1 Å². The van der Waals surface area contributed by atoms with Crippen LogP contribution in [0.15, 0.2) is 0 Å². The van der Waals surface area contributed by atoms with Gasteiger partial charge in [-0.2, -0.15) is 0 Å². The minimum atomic E-state index is -1.85. The molecule has 0 radical (unpaired) electrons. The highest BCUT2D eigenvalue weighted by Gasteiger charge is 2.28. The normalized spacial score (nSPS) is 14.9. The van der Waals surface area contributed by atoms with Gasteiger partial charge in [-0.25, -0.2) is 4.39 Å². The van der Waals surface area contributed by atoms with E-state index in [-0.39, 0.29) is 5.41 Å². The summed E-state index contributed by atoms with van der Waals surface area (Å²) in [7, 11) is 0. The van der Waals surface area contributed by atoms with Crippen LogP contribution in [0.1, 0.15) is 41.0 Å². The Hall–Kier alpha value is -0.640. The van der Waals surface area contributed by atoms with Gasteiger partial charge >= 0.3 is 0 Å². The van der Waals surface area contributed by atoms with Gasteiger partial charge in [-0.3, -0.25) is 4.79 Å². The first kappa shape index (κ1) is 14.4. The molecule has 0 aromatic heterocycles. The van der Waals surface area contributed by atoms with Crippen LogP contribution >= 0.6 is 0 Å². The Balaban J connectivity index is 4.10. The Morgan fingerprint density at radius 1 is 1.40 bits per heavy atom. The zero-order chi connectivity index (χ0) is 12.3. The highest BCUT2D eigenvalue weighted by molar-refractivity contribution is 5.84. The smallest absolute Gasteiger partial charge is 0.257 e. The average Bonchev–Trinajstić information content (AvgIpc) is 1.95. The first-order chi connectivity index (χ1) is 6.54. The Kier molecular flexibility index (Phi) is 4.71. The first-order valence-electron chi connectivity index (χ1n) is 5.20. The van der Waals surface area contributed by atoms with E-state index < -0.39 is 17.7 Å². The summed E-state index contributed by atoms with van der Waals surface area (Å²) in [6, 6.07) is 0. The third-order valence-corrected chi connectivity index (χ3v) is 2.12. The number of aliphatic hydroxyl groups excluding tert-OH is 1. The van der Waals surface area contributed by atoms with Crippen LogP contribution in [0.2, 0.25) is 0 Å². The molecule has 1 atom stereocenters. The van der Waals surface area contributed by atoms with E-state index in [0.29, 0.717) is 13.0 Å². The molecule has 0 aliphatic heterocycles. The highest BCUT2D eigenvalue weighted by Crippen LogP contribution is 2.21. The maximum atomic E-state index is 13.2. The van der Waals surface area contributed by atoms with Crippen molar-refractivity contribution in [3.05, 3.63) is 0 Å². The molecule has 0 spiro atoms. The second-order valence-electron chi connectivity index (χ2n) is 5.37. The van der Waals surface area contributed by atoms with Crippen LogP contribution in [0.4, 0.5) is 4.39 Å². The molecule has 0 saturated carbocycles. The minimum absolute atomic E-state index is 0.227. The lowest BCUT2D eigenvalue weighted by Gasteiger charge is -2.27. The number of halogens is 1. The van der Waals surface area contributed by atoms with Crippen LogP contribution < -0.4 is 5.32 Å². The van der Waals surface area contributed by atoms with Gasteiger partial charge < -0.3 is 10.4 Å². The van der Waals surface area contributed by atoms with Crippen molar-refractivity contribution >= 4 is 5.91 Å². The number of nitrogens with one attached hydrogen (secondary N) is 1. The summed E-state index contributed by atoms with van der Waals surface area (Å²) in [5.41, 5.74) is -2.07. The molecule has 15 heavy (non-hydrogen) atoms. The van der Waals surface area contributed by atoms with E-state index in [0.717, 1.165) is 0 Å². The summed E-state index contributed by atoms with van der Waals surface area (Å²) in [5.74, 6) is -0.610. The van der Waals surface area contributed by atoms with Crippen LogP contribution in [0, 0.1) is 5.41 Å². The van der Waals surface area contributed by atoms with Gasteiger partial charge in [0.15, 0.2) is 5.67 Å². The van der Waals surface area contributed by atoms with Gasteiger partial charge in [0.2, 0.25) is 0 Å². The summed E-state index contributed by atoms with van der Waals surface area (Å²) in [6.07, 6.45) is 0.148. The molecule has 1 amide bonds. The van der Waals surface area contributed by atoms with Crippen LogP contribution in [0.3, 0.4) is 0 Å². The van der Waals surface area contributed by atoms with Crippen molar-refractivity contribution in [3.63, 3.8) is 0 Å². The van der Waals surface area contributed by atoms with Crippen molar-refractivity contribution in [2.45, 2.75) is 52.8 Å². The number of rotatable bonds is 5. The molecule has 0 bridgehead atoms. The molecule has 0 fully saturated rings. The standard InChI is InChI=1S/C11H22FNO2/c1-8(14)6-10(2,3)7-13-9(15)11(4,5)12/h8,14H,6-7H2,1-5H3,(H,13,15). The van der Waals surface area contributed by atoms with Crippen LogP contribution in [-0.2, 0) is 4.79 Å². The van der Waals surface area contributed by atoms with Crippen molar-refractivity contribution in [1.82, 2.24) is 5.32 Å². The molecule has 3 nitrogen and oxygen atoms in total. The number of hydrogen-bond donors (Lipinski definition) is 2. The van der Waals surface area contributed by atoms with Crippen LogP contribution in [0.25, 0.3) is 0 Å². The van der Waals surface area contributed by atoms with E-state index in [9.17, 15) is 14.3 Å². The predicted octanol–water partition coefficient (Wildman–Crippen LogP) is 1.65. The van der Waals surface area contributed by atoms with E-state index >= 15 is 0 Å². The van der Waals surface area contributed by atoms with Crippen molar-refractivity contribution < 1.29 is 14.3 Å².